The first-order valence-electron chi connectivity index (χ1n) is 6.21. The van der Waals surface area contributed by atoms with Crippen molar-refractivity contribution in [2.45, 2.75) is 4.90 Å². The molecule has 0 saturated heterocycles. The van der Waals surface area contributed by atoms with Crippen molar-refractivity contribution in [2.75, 3.05) is 37.0 Å². The maximum absolute atomic E-state index is 11.7. The number of amides is 1. The molecule has 0 heterocycles. The number of anilines is 1. The number of hydrogen-bond donors (Lipinski definition) is 3. The fourth-order valence-electron chi connectivity index (χ4n) is 1.39. The Labute approximate surface area is 128 Å². The number of rotatable bonds is 10. The van der Waals surface area contributed by atoms with E-state index in [1.54, 1.807) is 12.1 Å². The highest BCUT2D eigenvalue weighted by atomic mass is 32.2. The monoisotopic (exact) mass is 333 g/mol. The van der Waals surface area contributed by atoms with Crippen molar-refractivity contribution in [3.63, 3.8) is 0 Å². The standard InChI is InChI=1S/C12H19N3O4S2/c13-10-2-1-3-11(8-10)20-6-7-21(17,18)15-4-5-19-9-12(14)16/h1-3,8,15H,4-7,9,13H2,(H2,14,16). The van der Waals surface area contributed by atoms with Crippen LogP contribution in [0.4, 0.5) is 5.69 Å². The van der Waals surface area contributed by atoms with E-state index < -0.39 is 15.9 Å². The average molecular weight is 333 g/mol. The van der Waals surface area contributed by atoms with Crippen LogP contribution in [0.5, 0.6) is 0 Å². The Morgan fingerprint density at radius 1 is 1.38 bits per heavy atom. The number of nitrogens with one attached hydrogen (secondary N) is 1. The Morgan fingerprint density at radius 2 is 2.14 bits per heavy atom. The first-order chi connectivity index (χ1) is 9.89. The lowest BCUT2D eigenvalue weighted by Crippen LogP contribution is -2.31. The van der Waals surface area contributed by atoms with Crippen LogP contribution in [0.3, 0.4) is 0 Å². The molecule has 5 N–H and O–H groups in total. The molecule has 1 aromatic carbocycles. The van der Waals surface area contributed by atoms with Gasteiger partial charge < -0.3 is 16.2 Å². The lowest BCUT2D eigenvalue weighted by molar-refractivity contribution is -0.122. The van der Waals surface area contributed by atoms with Gasteiger partial charge in [-0.05, 0) is 18.2 Å². The number of benzene rings is 1. The van der Waals surface area contributed by atoms with E-state index >= 15 is 0 Å². The molecule has 0 radical (unpaired) electrons. The summed E-state index contributed by atoms with van der Waals surface area (Å²) in [5.74, 6) is -0.181. The zero-order valence-corrected chi connectivity index (χ0v) is 13.1. The SMILES string of the molecule is NC(=O)COCCNS(=O)(=O)CCSc1cccc(N)c1. The molecule has 9 heteroatoms. The van der Waals surface area contributed by atoms with Crippen LogP contribution in [-0.4, -0.2) is 45.6 Å². The number of ether oxygens (including phenoxy) is 1. The van der Waals surface area contributed by atoms with Crippen molar-refractivity contribution in [2.24, 2.45) is 5.73 Å². The lowest BCUT2D eigenvalue weighted by atomic mass is 10.3. The highest BCUT2D eigenvalue weighted by molar-refractivity contribution is 8.00. The molecule has 0 aliphatic rings. The van der Waals surface area contributed by atoms with Gasteiger partial charge in [-0.2, -0.15) is 0 Å². The van der Waals surface area contributed by atoms with Crippen LogP contribution in [0.1, 0.15) is 0 Å². The molecule has 0 saturated carbocycles. The summed E-state index contributed by atoms with van der Waals surface area (Å²) in [5.41, 5.74) is 11.2. The summed E-state index contributed by atoms with van der Waals surface area (Å²) in [6.45, 7) is -0.00386. The summed E-state index contributed by atoms with van der Waals surface area (Å²) in [6, 6.07) is 7.26. The van der Waals surface area contributed by atoms with Crippen LogP contribution in [0, 0.1) is 0 Å². The van der Waals surface area contributed by atoms with E-state index in [0.29, 0.717) is 11.4 Å². The molecule has 1 amide bonds. The van der Waals surface area contributed by atoms with Gasteiger partial charge in [0.2, 0.25) is 15.9 Å². The van der Waals surface area contributed by atoms with Gasteiger partial charge in [0.1, 0.15) is 6.61 Å². The van der Waals surface area contributed by atoms with Crippen molar-refractivity contribution in [3.8, 4) is 0 Å². The molecule has 1 rings (SSSR count). The molecule has 118 valence electrons. The topological polar surface area (TPSA) is 125 Å². The lowest BCUT2D eigenvalue weighted by Gasteiger charge is -2.07. The van der Waals surface area contributed by atoms with E-state index in [1.165, 1.54) is 11.8 Å². The fraction of sp³-hybridized carbons (Fsp3) is 0.417. The van der Waals surface area contributed by atoms with E-state index in [2.05, 4.69) is 4.72 Å². The molecule has 0 unspecified atom stereocenters. The van der Waals surface area contributed by atoms with Gasteiger partial charge in [-0.25, -0.2) is 13.1 Å². The van der Waals surface area contributed by atoms with Crippen LogP contribution in [0.15, 0.2) is 29.2 Å². The molecule has 0 atom stereocenters. The Bertz CT molecular complexity index is 563. The molecular weight excluding hydrogens is 314 g/mol. The maximum atomic E-state index is 11.7. The van der Waals surface area contributed by atoms with Crippen LogP contribution >= 0.6 is 11.8 Å². The largest absolute Gasteiger partial charge is 0.399 e. The summed E-state index contributed by atoms with van der Waals surface area (Å²) in [5, 5.41) is 0. The zero-order valence-electron chi connectivity index (χ0n) is 11.4. The normalized spacial score (nSPS) is 11.4. The first-order valence-corrected chi connectivity index (χ1v) is 8.84. The zero-order chi connectivity index (χ0) is 15.7. The van der Waals surface area contributed by atoms with Gasteiger partial charge in [-0.1, -0.05) is 6.07 Å². The van der Waals surface area contributed by atoms with Crippen LogP contribution in [0.2, 0.25) is 0 Å². The average Bonchev–Trinajstić information content (AvgIpc) is 2.37. The first kappa shape index (κ1) is 17.8. The number of hydrogen-bond acceptors (Lipinski definition) is 6. The van der Waals surface area contributed by atoms with E-state index in [4.69, 9.17) is 16.2 Å². The van der Waals surface area contributed by atoms with E-state index in [-0.39, 0.29) is 25.5 Å². The highest BCUT2D eigenvalue weighted by Crippen LogP contribution is 2.20. The molecule has 7 nitrogen and oxygen atoms in total. The summed E-state index contributed by atoms with van der Waals surface area (Å²) < 4.78 is 30.6. The van der Waals surface area contributed by atoms with E-state index in [9.17, 15) is 13.2 Å². The van der Waals surface area contributed by atoms with Crippen molar-refractivity contribution in [1.82, 2.24) is 4.72 Å². The third kappa shape index (κ3) is 8.56. The summed E-state index contributed by atoms with van der Waals surface area (Å²) >= 11 is 1.42. The molecule has 0 spiro atoms. The summed E-state index contributed by atoms with van der Waals surface area (Å²) in [6.07, 6.45) is 0. The van der Waals surface area contributed by atoms with Crippen molar-refractivity contribution < 1.29 is 17.9 Å². The predicted molar refractivity (Wildman–Crippen MR) is 83.4 cm³/mol. The minimum atomic E-state index is -3.36. The number of nitrogen functional groups attached to an aromatic ring is 1. The number of primary amides is 1. The quantitative estimate of drug-likeness (QED) is 0.309. The van der Waals surface area contributed by atoms with Gasteiger partial charge in [-0.3, -0.25) is 4.79 Å². The van der Waals surface area contributed by atoms with Gasteiger partial charge >= 0.3 is 0 Å². The third-order valence-corrected chi connectivity index (χ3v) is 4.93. The van der Waals surface area contributed by atoms with Crippen molar-refractivity contribution in [3.05, 3.63) is 24.3 Å². The Kier molecular flexibility index (Phi) is 7.51. The highest BCUT2D eigenvalue weighted by Gasteiger charge is 2.09. The Balaban J connectivity index is 2.22. The second-order valence-electron chi connectivity index (χ2n) is 4.15. The minimum Gasteiger partial charge on any atom is -0.399 e. The summed E-state index contributed by atoms with van der Waals surface area (Å²) in [7, 11) is -3.36. The second-order valence-corrected chi connectivity index (χ2v) is 7.25. The van der Waals surface area contributed by atoms with E-state index in [0.717, 1.165) is 4.90 Å². The minimum absolute atomic E-state index is 0.0116. The van der Waals surface area contributed by atoms with Gasteiger partial charge in [0, 0.05) is 22.9 Å². The molecule has 0 fully saturated rings. The fourth-order valence-corrected chi connectivity index (χ4v) is 3.77. The number of nitrogens with two attached hydrogens (primary N) is 2. The number of carbonyl (C=O) groups excluding carboxylic acids is 1. The van der Waals surface area contributed by atoms with Gasteiger partial charge in [0.25, 0.3) is 0 Å². The number of carbonyl (C=O) groups is 1. The van der Waals surface area contributed by atoms with Crippen LogP contribution in [0.25, 0.3) is 0 Å². The molecular formula is C12H19N3O4S2. The van der Waals surface area contributed by atoms with E-state index in [1.807, 2.05) is 12.1 Å². The molecule has 1 aromatic rings. The third-order valence-electron chi connectivity index (χ3n) is 2.29. The van der Waals surface area contributed by atoms with Crippen LogP contribution < -0.4 is 16.2 Å². The smallest absolute Gasteiger partial charge is 0.243 e. The molecule has 0 aromatic heterocycles. The van der Waals surface area contributed by atoms with Crippen LogP contribution in [-0.2, 0) is 19.6 Å². The predicted octanol–water partition coefficient (Wildman–Crippen LogP) is -0.218. The molecule has 0 aliphatic heterocycles. The Morgan fingerprint density at radius 3 is 2.81 bits per heavy atom. The number of sulfonamides is 1. The van der Waals surface area contributed by atoms with Crippen molar-refractivity contribution >= 4 is 33.4 Å². The van der Waals surface area contributed by atoms with Gasteiger partial charge in [0.15, 0.2) is 0 Å². The van der Waals surface area contributed by atoms with Gasteiger partial charge in [-0.15, -0.1) is 11.8 Å². The van der Waals surface area contributed by atoms with Crippen molar-refractivity contribution in [1.29, 1.82) is 0 Å². The summed E-state index contributed by atoms with van der Waals surface area (Å²) in [4.78, 5) is 11.3. The molecule has 21 heavy (non-hydrogen) atoms. The second kappa shape index (κ2) is 8.88. The maximum Gasteiger partial charge on any atom is 0.243 e. The Hall–Kier alpha value is -1.29. The van der Waals surface area contributed by atoms with Gasteiger partial charge in [0.05, 0.1) is 12.4 Å². The molecule has 0 bridgehead atoms. The number of thioether (sulfide) groups is 1. The molecule has 0 aliphatic carbocycles.